The molecule has 1 aliphatic rings. The quantitative estimate of drug-likeness (QED) is 0.540. The smallest absolute Gasteiger partial charge is 0.306 e. The molecule has 0 aromatic carbocycles. The molecule has 4 heteroatoms. The van der Waals surface area contributed by atoms with Crippen LogP contribution in [0.2, 0.25) is 0 Å². The standard InChI is InChI=1S/C14H23NO3/c1-3-4-5-6-10(2)15-13(16)11-7-8-12(9-11)14(17)18/h3,10-12H,1,4-9H2,2H3,(H,15,16)(H,17,18)/t10?,11-,12+/m1/s1. The molecule has 0 saturated heterocycles. The summed E-state index contributed by atoms with van der Waals surface area (Å²) in [5, 5.41) is 11.9. The largest absolute Gasteiger partial charge is 0.481 e. The van der Waals surface area contributed by atoms with E-state index in [1.54, 1.807) is 0 Å². The van der Waals surface area contributed by atoms with E-state index in [-0.39, 0.29) is 23.8 Å². The number of rotatable bonds is 7. The van der Waals surface area contributed by atoms with E-state index in [0.717, 1.165) is 19.3 Å². The Morgan fingerprint density at radius 2 is 2.11 bits per heavy atom. The minimum absolute atomic E-state index is 0.0184. The van der Waals surface area contributed by atoms with Gasteiger partial charge in [0.2, 0.25) is 5.91 Å². The van der Waals surface area contributed by atoms with Gasteiger partial charge in [-0.1, -0.05) is 6.08 Å². The van der Waals surface area contributed by atoms with E-state index < -0.39 is 5.97 Å². The van der Waals surface area contributed by atoms with Gasteiger partial charge in [0, 0.05) is 12.0 Å². The summed E-state index contributed by atoms with van der Waals surface area (Å²) in [5.74, 6) is -1.21. The second kappa shape index (κ2) is 7.19. The van der Waals surface area contributed by atoms with Crippen molar-refractivity contribution in [1.29, 1.82) is 0 Å². The third-order valence-electron chi connectivity index (χ3n) is 3.59. The van der Waals surface area contributed by atoms with Gasteiger partial charge in [-0.2, -0.15) is 0 Å². The van der Waals surface area contributed by atoms with Crippen LogP contribution in [0.15, 0.2) is 12.7 Å². The Balaban J connectivity index is 2.28. The fourth-order valence-electron chi connectivity index (χ4n) is 2.45. The highest BCUT2D eigenvalue weighted by Gasteiger charge is 2.33. The van der Waals surface area contributed by atoms with Crippen LogP contribution < -0.4 is 5.32 Å². The lowest BCUT2D eigenvalue weighted by molar-refractivity contribution is -0.141. The minimum Gasteiger partial charge on any atom is -0.481 e. The zero-order valence-corrected chi connectivity index (χ0v) is 11.0. The molecule has 4 nitrogen and oxygen atoms in total. The maximum Gasteiger partial charge on any atom is 0.306 e. The average molecular weight is 253 g/mol. The van der Waals surface area contributed by atoms with E-state index >= 15 is 0 Å². The number of unbranched alkanes of at least 4 members (excludes halogenated alkanes) is 1. The molecule has 1 aliphatic carbocycles. The van der Waals surface area contributed by atoms with Gasteiger partial charge in [0.25, 0.3) is 0 Å². The number of hydrogen-bond donors (Lipinski definition) is 2. The van der Waals surface area contributed by atoms with Crippen molar-refractivity contribution < 1.29 is 14.7 Å². The van der Waals surface area contributed by atoms with E-state index in [4.69, 9.17) is 5.11 Å². The molecule has 18 heavy (non-hydrogen) atoms. The predicted molar refractivity (Wildman–Crippen MR) is 70.1 cm³/mol. The second-order valence-corrected chi connectivity index (χ2v) is 5.17. The molecule has 1 unspecified atom stereocenters. The van der Waals surface area contributed by atoms with Crippen molar-refractivity contribution in [3.05, 3.63) is 12.7 Å². The van der Waals surface area contributed by atoms with Crippen LogP contribution in [0.1, 0.15) is 45.4 Å². The first-order chi connectivity index (χ1) is 8.54. The molecule has 0 aromatic heterocycles. The lowest BCUT2D eigenvalue weighted by Gasteiger charge is -2.16. The summed E-state index contributed by atoms with van der Waals surface area (Å²) in [6.07, 6.45) is 6.61. The lowest BCUT2D eigenvalue weighted by atomic mass is 10.0. The van der Waals surface area contributed by atoms with Crippen LogP contribution in [0.5, 0.6) is 0 Å². The number of hydrogen-bond acceptors (Lipinski definition) is 2. The van der Waals surface area contributed by atoms with Crippen LogP contribution in [0.4, 0.5) is 0 Å². The van der Waals surface area contributed by atoms with Crippen molar-refractivity contribution in [1.82, 2.24) is 5.32 Å². The topological polar surface area (TPSA) is 66.4 Å². The highest BCUT2D eigenvalue weighted by atomic mass is 16.4. The van der Waals surface area contributed by atoms with Crippen LogP contribution in [0.25, 0.3) is 0 Å². The fraction of sp³-hybridized carbons (Fsp3) is 0.714. The number of carboxylic acid groups (broad SMARTS) is 1. The number of carbonyl (C=O) groups excluding carboxylic acids is 1. The number of nitrogens with one attached hydrogen (secondary N) is 1. The predicted octanol–water partition coefficient (Wildman–Crippen LogP) is 2.35. The Morgan fingerprint density at radius 3 is 2.67 bits per heavy atom. The average Bonchev–Trinajstić information content (AvgIpc) is 2.78. The lowest BCUT2D eigenvalue weighted by Crippen LogP contribution is -2.36. The van der Waals surface area contributed by atoms with Gasteiger partial charge in [-0.05, 0) is 45.4 Å². The Hall–Kier alpha value is -1.32. The summed E-state index contributed by atoms with van der Waals surface area (Å²) >= 11 is 0. The van der Waals surface area contributed by atoms with Crippen molar-refractivity contribution in [3.8, 4) is 0 Å². The molecule has 0 spiro atoms. The van der Waals surface area contributed by atoms with Gasteiger partial charge in [0.1, 0.15) is 0 Å². The zero-order chi connectivity index (χ0) is 13.5. The number of allylic oxidation sites excluding steroid dienone is 1. The maximum atomic E-state index is 11.9. The molecule has 1 amide bonds. The first-order valence-electron chi connectivity index (χ1n) is 6.68. The molecule has 1 fully saturated rings. The molecule has 102 valence electrons. The van der Waals surface area contributed by atoms with E-state index in [2.05, 4.69) is 11.9 Å². The maximum absolute atomic E-state index is 11.9. The van der Waals surface area contributed by atoms with Gasteiger partial charge in [-0.15, -0.1) is 6.58 Å². The zero-order valence-electron chi connectivity index (χ0n) is 11.0. The van der Waals surface area contributed by atoms with Crippen LogP contribution in [0, 0.1) is 11.8 Å². The van der Waals surface area contributed by atoms with Gasteiger partial charge in [-0.3, -0.25) is 9.59 Å². The summed E-state index contributed by atoms with van der Waals surface area (Å²) in [5.41, 5.74) is 0. The summed E-state index contributed by atoms with van der Waals surface area (Å²) in [7, 11) is 0. The molecule has 0 radical (unpaired) electrons. The highest BCUT2D eigenvalue weighted by molar-refractivity contribution is 5.81. The normalized spacial score (nSPS) is 24.5. The van der Waals surface area contributed by atoms with Gasteiger partial charge >= 0.3 is 5.97 Å². The Labute approximate surface area is 108 Å². The molecule has 0 aromatic rings. The Kier molecular flexibility index (Phi) is 5.89. The van der Waals surface area contributed by atoms with Crippen molar-refractivity contribution in [2.75, 3.05) is 0 Å². The van der Waals surface area contributed by atoms with E-state index in [1.807, 2.05) is 13.0 Å². The summed E-state index contributed by atoms with van der Waals surface area (Å²) in [6, 6.07) is 0.154. The van der Waals surface area contributed by atoms with Gasteiger partial charge in [0.05, 0.1) is 5.92 Å². The number of carbonyl (C=O) groups is 2. The molecule has 1 rings (SSSR count). The first kappa shape index (κ1) is 14.7. The van der Waals surface area contributed by atoms with Crippen molar-refractivity contribution in [2.24, 2.45) is 11.8 Å². The molecular weight excluding hydrogens is 230 g/mol. The number of aliphatic carboxylic acids is 1. The molecule has 2 N–H and O–H groups in total. The summed E-state index contributed by atoms with van der Waals surface area (Å²) in [6.45, 7) is 5.65. The van der Waals surface area contributed by atoms with Gasteiger partial charge < -0.3 is 10.4 Å². The summed E-state index contributed by atoms with van der Waals surface area (Å²) in [4.78, 5) is 22.8. The van der Waals surface area contributed by atoms with Crippen molar-refractivity contribution in [3.63, 3.8) is 0 Å². The van der Waals surface area contributed by atoms with Crippen molar-refractivity contribution in [2.45, 2.75) is 51.5 Å². The van der Waals surface area contributed by atoms with Gasteiger partial charge in [-0.25, -0.2) is 0 Å². The third kappa shape index (κ3) is 4.51. The Bertz CT molecular complexity index is 314. The van der Waals surface area contributed by atoms with Crippen LogP contribution >= 0.6 is 0 Å². The van der Waals surface area contributed by atoms with E-state index in [9.17, 15) is 9.59 Å². The molecule has 0 aliphatic heterocycles. The van der Waals surface area contributed by atoms with Gasteiger partial charge in [0.15, 0.2) is 0 Å². The fourth-order valence-corrected chi connectivity index (χ4v) is 2.45. The van der Waals surface area contributed by atoms with Crippen LogP contribution in [0.3, 0.4) is 0 Å². The monoisotopic (exact) mass is 253 g/mol. The molecule has 0 bridgehead atoms. The number of carboxylic acids is 1. The molecule has 1 saturated carbocycles. The Morgan fingerprint density at radius 1 is 1.44 bits per heavy atom. The SMILES string of the molecule is C=CCCCC(C)NC(=O)[C@@H]1CC[C@H](C(=O)O)C1. The van der Waals surface area contributed by atoms with Crippen molar-refractivity contribution >= 4 is 11.9 Å². The van der Waals surface area contributed by atoms with E-state index in [0.29, 0.717) is 19.3 Å². The third-order valence-corrected chi connectivity index (χ3v) is 3.59. The summed E-state index contributed by atoms with van der Waals surface area (Å²) < 4.78 is 0. The second-order valence-electron chi connectivity index (χ2n) is 5.17. The minimum atomic E-state index is -0.774. The number of amides is 1. The van der Waals surface area contributed by atoms with Crippen LogP contribution in [-0.2, 0) is 9.59 Å². The molecule has 0 heterocycles. The highest BCUT2D eigenvalue weighted by Crippen LogP contribution is 2.31. The molecular formula is C14H23NO3. The van der Waals surface area contributed by atoms with E-state index in [1.165, 1.54) is 0 Å². The first-order valence-corrected chi connectivity index (χ1v) is 6.68. The molecule has 3 atom stereocenters. The van der Waals surface area contributed by atoms with Crippen LogP contribution in [-0.4, -0.2) is 23.0 Å².